The molecule has 0 radical (unpaired) electrons. The molecule has 2 N–H and O–H groups in total. The summed E-state index contributed by atoms with van der Waals surface area (Å²) in [5.74, 6) is 0. The molecule has 0 aromatic carbocycles. The van der Waals surface area contributed by atoms with Crippen LogP contribution < -0.4 is 4.72 Å². The van der Waals surface area contributed by atoms with Crippen LogP contribution in [0, 0.1) is 5.41 Å². The summed E-state index contributed by atoms with van der Waals surface area (Å²) in [7, 11) is -3.51. The fourth-order valence-corrected chi connectivity index (χ4v) is 3.79. The van der Waals surface area contributed by atoms with Crippen LogP contribution in [0.15, 0.2) is 17.3 Å². The van der Waals surface area contributed by atoms with E-state index in [0.717, 1.165) is 12.8 Å². The van der Waals surface area contributed by atoms with Crippen molar-refractivity contribution in [1.29, 1.82) is 0 Å². The van der Waals surface area contributed by atoms with Gasteiger partial charge in [0, 0.05) is 12.7 Å². The first kappa shape index (κ1) is 15.5. The van der Waals surface area contributed by atoms with Gasteiger partial charge in [-0.3, -0.25) is 4.68 Å². The second-order valence-electron chi connectivity index (χ2n) is 5.86. The predicted octanol–water partition coefficient (Wildman–Crippen LogP) is 1.12. The van der Waals surface area contributed by atoms with Gasteiger partial charge >= 0.3 is 0 Å². The van der Waals surface area contributed by atoms with E-state index >= 15 is 0 Å². The molecule has 1 aliphatic rings. The molecule has 0 aliphatic heterocycles. The fourth-order valence-electron chi connectivity index (χ4n) is 2.64. The summed E-state index contributed by atoms with van der Waals surface area (Å²) < 4.78 is 28.5. The SMILES string of the molecule is CC1(CNS(=O)(=O)c2cnn(CCO)c2)CCCCC1. The third-order valence-electron chi connectivity index (χ3n) is 4.00. The highest BCUT2D eigenvalue weighted by molar-refractivity contribution is 7.89. The summed E-state index contributed by atoms with van der Waals surface area (Å²) in [4.78, 5) is 0.158. The summed E-state index contributed by atoms with van der Waals surface area (Å²) in [5.41, 5.74) is 0.0619. The predicted molar refractivity (Wildman–Crippen MR) is 75.7 cm³/mol. The lowest BCUT2D eigenvalue weighted by Gasteiger charge is -2.33. The molecule has 1 aromatic rings. The van der Waals surface area contributed by atoms with Crippen molar-refractivity contribution < 1.29 is 13.5 Å². The number of aromatic nitrogens is 2. The van der Waals surface area contributed by atoms with Gasteiger partial charge in [-0.15, -0.1) is 0 Å². The maximum absolute atomic E-state index is 12.2. The van der Waals surface area contributed by atoms with Gasteiger partial charge < -0.3 is 5.11 Å². The zero-order chi connectivity index (χ0) is 14.6. The molecule has 2 rings (SSSR count). The van der Waals surface area contributed by atoms with Gasteiger partial charge in [0.1, 0.15) is 4.90 Å². The number of aliphatic hydroxyl groups excluding tert-OH is 1. The summed E-state index contributed by atoms with van der Waals surface area (Å²) in [6.07, 6.45) is 8.50. The minimum absolute atomic E-state index is 0.0619. The Bertz CT molecular complexity index is 533. The monoisotopic (exact) mass is 301 g/mol. The Balaban J connectivity index is 1.99. The van der Waals surface area contributed by atoms with Crippen LogP contribution in [0.5, 0.6) is 0 Å². The first-order valence-electron chi connectivity index (χ1n) is 7.08. The Kier molecular flexibility index (Phi) is 4.82. The van der Waals surface area contributed by atoms with Crippen molar-refractivity contribution in [1.82, 2.24) is 14.5 Å². The topological polar surface area (TPSA) is 84.2 Å². The highest BCUT2D eigenvalue weighted by atomic mass is 32.2. The highest BCUT2D eigenvalue weighted by Crippen LogP contribution is 2.35. The molecule has 0 saturated heterocycles. The molecule has 1 saturated carbocycles. The highest BCUT2D eigenvalue weighted by Gasteiger charge is 2.29. The third kappa shape index (κ3) is 3.80. The van der Waals surface area contributed by atoms with E-state index in [1.165, 1.54) is 36.3 Å². The summed E-state index contributed by atoms with van der Waals surface area (Å²) in [5, 5.41) is 12.7. The van der Waals surface area contributed by atoms with E-state index in [-0.39, 0.29) is 16.9 Å². The van der Waals surface area contributed by atoms with Crippen molar-refractivity contribution in [3.8, 4) is 0 Å². The van der Waals surface area contributed by atoms with Crippen LogP contribution in [0.1, 0.15) is 39.0 Å². The van der Waals surface area contributed by atoms with Crippen molar-refractivity contribution in [2.75, 3.05) is 13.2 Å². The van der Waals surface area contributed by atoms with Crippen molar-refractivity contribution in [3.05, 3.63) is 12.4 Å². The first-order valence-corrected chi connectivity index (χ1v) is 8.57. The summed E-state index contributed by atoms with van der Waals surface area (Å²) in [6.45, 7) is 2.85. The van der Waals surface area contributed by atoms with Crippen LogP contribution in [0.4, 0.5) is 0 Å². The summed E-state index contributed by atoms with van der Waals surface area (Å²) in [6, 6.07) is 0. The maximum Gasteiger partial charge on any atom is 0.243 e. The van der Waals surface area contributed by atoms with Crippen LogP contribution in [-0.4, -0.2) is 36.5 Å². The lowest BCUT2D eigenvalue weighted by molar-refractivity contribution is 0.219. The van der Waals surface area contributed by atoms with E-state index in [9.17, 15) is 8.42 Å². The normalized spacial score (nSPS) is 19.1. The second-order valence-corrected chi connectivity index (χ2v) is 7.63. The van der Waals surface area contributed by atoms with Crippen molar-refractivity contribution in [2.24, 2.45) is 5.41 Å². The van der Waals surface area contributed by atoms with Gasteiger partial charge in [0.15, 0.2) is 0 Å². The number of nitrogens with one attached hydrogen (secondary N) is 1. The van der Waals surface area contributed by atoms with Gasteiger partial charge in [0.2, 0.25) is 10.0 Å². The molecule has 0 amide bonds. The van der Waals surface area contributed by atoms with E-state index in [4.69, 9.17) is 5.11 Å². The molecule has 0 spiro atoms. The Hall–Kier alpha value is -0.920. The first-order chi connectivity index (χ1) is 9.45. The molecule has 0 atom stereocenters. The van der Waals surface area contributed by atoms with Crippen LogP contribution >= 0.6 is 0 Å². The zero-order valence-electron chi connectivity index (χ0n) is 11.9. The van der Waals surface area contributed by atoms with Gasteiger partial charge in [-0.05, 0) is 18.3 Å². The Morgan fingerprint density at radius 1 is 1.40 bits per heavy atom. The van der Waals surface area contributed by atoms with Crippen LogP contribution in [-0.2, 0) is 16.6 Å². The molecular formula is C13H23N3O3S. The quantitative estimate of drug-likeness (QED) is 0.825. The van der Waals surface area contributed by atoms with Gasteiger partial charge in [0.25, 0.3) is 0 Å². The molecule has 20 heavy (non-hydrogen) atoms. The fraction of sp³-hybridized carbons (Fsp3) is 0.769. The maximum atomic E-state index is 12.2. The van der Waals surface area contributed by atoms with E-state index in [1.807, 2.05) is 0 Å². The van der Waals surface area contributed by atoms with E-state index in [1.54, 1.807) is 0 Å². The van der Waals surface area contributed by atoms with Crippen molar-refractivity contribution in [2.45, 2.75) is 50.5 Å². The second kappa shape index (κ2) is 6.24. The average Bonchev–Trinajstić information content (AvgIpc) is 2.88. The van der Waals surface area contributed by atoms with Crippen LogP contribution in [0.25, 0.3) is 0 Å². The molecule has 1 aromatic heterocycles. The van der Waals surface area contributed by atoms with Crippen molar-refractivity contribution in [3.63, 3.8) is 0 Å². The molecule has 0 bridgehead atoms. The van der Waals surface area contributed by atoms with Crippen molar-refractivity contribution >= 4 is 10.0 Å². The van der Waals surface area contributed by atoms with Gasteiger partial charge in [-0.2, -0.15) is 5.10 Å². The third-order valence-corrected chi connectivity index (χ3v) is 5.35. The Morgan fingerprint density at radius 3 is 2.75 bits per heavy atom. The number of hydrogen-bond donors (Lipinski definition) is 2. The summed E-state index contributed by atoms with van der Waals surface area (Å²) >= 11 is 0. The number of sulfonamides is 1. The molecule has 0 unspecified atom stereocenters. The molecule has 1 heterocycles. The van der Waals surface area contributed by atoms with Gasteiger partial charge in [-0.25, -0.2) is 13.1 Å². The average molecular weight is 301 g/mol. The zero-order valence-corrected chi connectivity index (χ0v) is 12.7. The molecular weight excluding hydrogens is 278 g/mol. The minimum Gasteiger partial charge on any atom is -0.394 e. The Labute approximate surface area is 120 Å². The lowest BCUT2D eigenvalue weighted by Crippen LogP contribution is -2.36. The number of nitrogens with zero attached hydrogens (tertiary/aromatic N) is 2. The Morgan fingerprint density at radius 2 is 2.10 bits per heavy atom. The molecule has 7 heteroatoms. The standard InChI is InChI=1S/C13H23N3O3S/c1-13(5-3-2-4-6-13)11-15-20(18,19)12-9-14-16(10-12)7-8-17/h9-10,15,17H,2-8,11H2,1H3. The molecule has 114 valence electrons. The lowest BCUT2D eigenvalue weighted by atomic mass is 9.76. The number of rotatable bonds is 6. The largest absolute Gasteiger partial charge is 0.394 e. The molecule has 1 fully saturated rings. The number of aliphatic hydroxyl groups is 1. The van der Waals surface area contributed by atoms with Crippen LogP contribution in [0.2, 0.25) is 0 Å². The van der Waals surface area contributed by atoms with Crippen LogP contribution in [0.3, 0.4) is 0 Å². The minimum atomic E-state index is -3.51. The van der Waals surface area contributed by atoms with E-state index in [2.05, 4.69) is 16.7 Å². The van der Waals surface area contributed by atoms with Gasteiger partial charge in [-0.1, -0.05) is 26.2 Å². The molecule has 6 nitrogen and oxygen atoms in total. The smallest absolute Gasteiger partial charge is 0.243 e. The van der Waals surface area contributed by atoms with E-state index < -0.39 is 10.0 Å². The number of hydrogen-bond acceptors (Lipinski definition) is 4. The molecule has 1 aliphatic carbocycles. The van der Waals surface area contributed by atoms with Gasteiger partial charge in [0.05, 0.1) is 19.3 Å². The van der Waals surface area contributed by atoms with E-state index in [0.29, 0.717) is 13.1 Å².